The number of hydrogen-bond acceptors (Lipinski definition) is 5. The summed E-state index contributed by atoms with van der Waals surface area (Å²) in [7, 11) is 0. The van der Waals surface area contributed by atoms with Crippen LogP contribution in [0.15, 0.2) is 18.2 Å². The normalized spacial score (nSPS) is 9.06. The van der Waals surface area contributed by atoms with Crippen molar-refractivity contribution < 1.29 is 4.79 Å². The molecule has 0 aliphatic rings. The van der Waals surface area contributed by atoms with Crippen molar-refractivity contribution in [3.63, 3.8) is 0 Å². The molecule has 0 saturated heterocycles. The molecule has 0 aliphatic carbocycles. The van der Waals surface area contributed by atoms with Gasteiger partial charge in [-0.15, -0.1) is 0 Å². The second kappa shape index (κ2) is 5.38. The van der Waals surface area contributed by atoms with E-state index in [1.54, 1.807) is 6.07 Å². The number of nitrogens with two attached hydrogens (primary N) is 2. The van der Waals surface area contributed by atoms with E-state index in [0.29, 0.717) is 11.4 Å². The molecule has 0 atom stereocenters. The number of carbonyl (C=O) groups is 1. The zero-order valence-corrected chi connectivity index (χ0v) is 9.05. The number of primary amides is 1. The first kappa shape index (κ1) is 12.3. The smallest absolute Gasteiger partial charge is 0.250 e. The predicted molar refractivity (Wildman–Crippen MR) is 62.8 cm³/mol. The highest BCUT2D eigenvalue weighted by Crippen LogP contribution is 2.23. The van der Waals surface area contributed by atoms with Gasteiger partial charge in [-0.2, -0.15) is 10.5 Å². The molecule has 0 unspecified atom stereocenters. The SMILES string of the molecule is N#CCN(CC#N)c1cc(N)ccc1C(N)=O. The van der Waals surface area contributed by atoms with E-state index in [4.69, 9.17) is 22.0 Å². The zero-order valence-electron chi connectivity index (χ0n) is 9.05. The lowest BCUT2D eigenvalue weighted by atomic mass is 10.1. The van der Waals surface area contributed by atoms with Crippen LogP contribution < -0.4 is 16.4 Å². The summed E-state index contributed by atoms with van der Waals surface area (Å²) in [5, 5.41) is 17.3. The standard InChI is InChI=1S/C11H11N5O/c12-3-5-16(6-4-13)10-7-8(14)1-2-9(10)11(15)17/h1-2,7H,5-6,14H2,(H2,15,17). The number of anilines is 2. The number of nitrogens with zero attached hydrogens (tertiary/aromatic N) is 3. The Hall–Kier alpha value is -2.73. The van der Waals surface area contributed by atoms with E-state index >= 15 is 0 Å². The van der Waals surface area contributed by atoms with Gasteiger partial charge in [-0.3, -0.25) is 4.79 Å². The molecular weight excluding hydrogens is 218 g/mol. The van der Waals surface area contributed by atoms with Crippen LogP contribution in [0.5, 0.6) is 0 Å². The van der Waals surface area contributed by atoms with Gasteiger partial charge in [0.2, 0.25) is 0 Å². The molecule has 0 saturated carbocycles. The summed E-state index contributed by atoms with van der Waals surface area (Å²) in [6, 6.07) is 8.38. The van der Waals surface area contributed by atoms with Crippen LogP contribution in [0.4, 0.5) is 11.4 Å². The summed E-state index contributed by atoms with van der Waals surface area (Å²) in [6.45, 7) is -0.0331. The predicted octanol–water partition coefficient (Wildman–Crippen LogP) is 0.221. The van der Waals surface area contributed by atoms with Crippen LogP contribution in [0.1, 0.15) is 10.4 Å². The van der Waals surface area contributed by atoms with Gasteiger partial charge >= 0.3 is 0 Å². The number of nitriles is 2. The Morgan fingerprint density at radius 3 is 2.35 bits per heavy atom. The van der Waals surface area contributed by atoms with Crippen molar-refractivity contribution in [2.45, 2.75) is 0 Å². The van der Waals surface area contributed by atoms with Crippen LogP contribution in [0.3, 0.4) is 0 Å². The minimum Gasteiger partial charge on any atom is -0.399 e. The highest BCUT2D eigenvalue weighted by Gasteiger charge is 2.14. The molecule has 86 valence electrons. The maximum absolute atomic E-state index is 11.2. The topological polar surface area (TPSA) is 120 Å². The summed E-state index contributed by atoms with van der Waals surface area (Å²) in [4.78, 5) is 12.7. The van der Waals surface area contributed by atoms with Crippen molar-refractivity contribution in [1.29, 1.82) is 10.5 Å². The first-order chi connectivity index (χ1) is 8.10. The van der Waals surface area contributed by atoms with E-state index in [1.165, 1.54) is 17.0 Å². The van der Waals surface area contributed by atoms with Crippen molar-refractivity contribution >= 4 is 17.3 Å². The Bertz CT molecular complexity index is 496. The third kappa shape index (κ3) is 2.86. The van der Waals surface area contributed by atoms with Crippen LogP contribution in [-0.2, 0) is 0 Å². The summed E-state index contributed by atoms with van der Waals surface area (Å²) in [5.41, 5.74) is 11.9. The van der Waals surface area contributed by atoms with Gasteiger partial charge in [0.1, 0.15) is 13.1 Å². The van der Waals surface area contributed by atoms with Crippen LogP contribution >= 0.6 is 0 Å². The van der Waals surface area contributed by atoms with Gasteiger partial charge in [0.25, 0.3) is 5.91 Å². The molecule has 4 N–H and O–H groups in total. The summed E-state index contributed by atoms with van der Waals surface area (Å²) >= 11 is 0. The second-order valence-electron chi connectivity index (χ2n) is 3.31. The lowest BCUT2D eigenvalue weighted by Gasteiger charge is -2.20. The Labute approximate surface area is 98.6 Å². The molecule has 0 fully saturated rings. The number of carbonyl (C=O) groups excluding carboxylic acids is 1. The third-order valence-electron chi connectivity index (χ3n) is 2.15. The molecule has 0 aromatic heterocycles. The van der Waals surface area contributed by atoms with Crippen molar-refractivity contribution in [2.75, 3.05) is 23.7 Å². The largest absolute Gasteiger partial charge is 0.399 e. The molecular formula is C11H11N5O. The van der Waals surface area contributed by atoms with Gasteiger partial charge < -0.3 is 16.4 Å². The number of hydrogen-bond donors (Lipinski definition) is 2. The summed E-state index contributed by atoms with van der Waals surface area (Å²) in [5.74, 6) is -0.624. The monoisotopic (exact) mass is 229 g/mol. The molecule has 0 spiro atoms. The second-order valence-corrected chi connectivity index (χ2v) is 3.31. The van der Waals surface area contributed by atoms with Crippen molar-refractivity contribution in [3.05, 3.63) is 23.8 Å². The van der Waals surface area contributed by atoms with Crippen molar-refractivity contribution in [2.24, 2.45) is 5.73 Å². The van der Waals surface area contributed by atoms with E-state index in [9.17, 15) is 4.79 Å². The first-order valence-corrected chi connectivity index (χ1v) is 4.78. The fourth-order valence-electron chi connectivity index (χ4n) is 1.42. The van der Waals surface area contributed by atoms with Gasteiger partial charge in [-0.1, -0.05) is 0 Å². The van der Waals surface area contributed by atoms with Gasteiger partial charge in [0, 0.05) is 5.69 Å². The van der Waals surface area contributed by atoms with Crippen LogP contribution in [0.25, 0.3) is 0 Å². The Kier molecular flexibility index (Phi) is 3.91. The van der Waals surface area contributed by atoms with E-state index in [1.807, 2.05) is 12.1 Å². The molecule has 17 heavy (non-hydrogen) atoms. The Balaban J connectivity index is 3.25. The number of nitrogen functional groups attached to an aromatic ring is 1. The van der Waals surface area contributed by atoms with E-state index in [-0.39, 0.29) is 18.7 Å². The lowest BCUT2D eigenvalue weighted by Crippen LogP contribution is -2.27. The highest BCUT2D eigenvalue weighted by molar-refractivity contribution is 5.99. The molecule has 6 nitrogen and oxygen atoms in total. The fourth-order valence-corrected chi connectivity index (χ4v) is 1.42. The van der Waals surface area contributed by atoms with Crippen LogP contribution in [0, 0.1) is 22.7 Å². The maximum atomic E-state index is 11.2. The minimum absolute atomic E-state index is 0.0166. The summed E-state index contributed by atoms with van der Waals surface area (Å²) in [6.07, 6.45) is 0. The molecule has 1 aromatic rings. The average molecular weight is 229 g/mol. The Morgan fingerprint density at radius 2 is 1.88 bits per heavy atom. The molecule has 0 aliphatic heterocycles. The number of benzene rings is 1. The van der Waals surface area contributed by atoms with E-state index in [2.05, 4.69) is 0 Å². The summed E-state index contributed by atoms with van der Waals surface area (Å²) < 4.78 is 0. The number of amides is 1. The fraction of sp³-hybridized carbons (Fsp3) is 0.182. The van der Waals surface area contributed by atoms with Crippen molar-refractivity contribution in [3.8, 4) is 12.1 Å². The quantitative estimate of drug-likeness (QED) is 0.565. The lowest BCUT2D eigenvalue weighted by molar-refractivity contribution is 0.100. The highest BCUT2D eigenvalue weighted by atomic mass is 16.1. The molecule has 0 bridgehead atoms. The molecule has 0 heterocycles. The maximum Gasteiger partial charge on any atom is 0.250 e. The van der Waals surface area contributed by atoms with Gasteiger partial charge in [0.05, 0.1) is 23.4 Å². The molecule has 6 heteroatoms. The molecule has 1 aromatic carbocycles. The van der Waals surface area contributed by atoms with Gasteiger partial charge in [-0.25, -0.2) is 0 Å². The van der Waals surface area contributed by atoms with Gasteiger partial charge in [0.15, 0.2) is 0 Å². The third-order valence-corrected chi connectivity index (χ3v) is 2.15. The average Bonchev–Trinajstić information content (AvgIpc) is 2.28. The van der Waals surface area contributed by atoms with E-state index in [0.717, 1.165) is 0 Å². The van der Waals surface area contributed by atoms with Gasteiger partial charge in [-0.05, 0) is 18.2 Å². The van der Waals surface area contributed by atoms with E-state index < -0.39 is 5.91 Å². The zero-order chi connectivity index (χ0) is 12.8. The number of rotatable bonds is 4. The molecule has 0 radical (unpaired) electrons. The molecule has 1 amide bonds. The molecule has 1 rings (SSSR count). The van der Waals surface area contributed by atoms with Crippen LogP contribution in [0.2, 0.25) is 0 Å². The Morgan fingerprint density at radius 1 is 1.29 bits per heavy atom. The first-order valence-electron chi connectivity index (χ1n) is 4.78. The van der Waals surface area contributed by atoms with Crippen LogP contribution in [-0.4, -0.2) is 19.0 Å². The van der Waals surface area contributed by atoms with Crippen molar-refractivity contribution in [1.82, 2.24) is 0 Å². The minimum atomic E-state index is -0.624.